The highest BCUT2D eigenvalue weighted by atomic mass is 16.3. The monoisotopic (exact) mass is 301 g/mol. The van der Waals surface area contributed by atoms with Gasteiger partial charge in [-0.2, -0.15) is 0 Å². The highest BCUT2D eigenvalue weighted by Crippen LogP contribution is 2.11. The lowest BCUT2D eigenvalue weighted by Crippen LogP contribution is -3.12. The maximum Gasteiger partial charge on any atom is 0.282 e. The fraction of sp³-hybridized carbons (Fsp3) is 0.294. The van der Waals surface area contributed by atoms with E-state index in [2.05, 4.69) is 5.32 Å². The fourth-order valence-corrected chi connectivity index (χ4v) is 2.13. The van der Waals surface area contributed by atoms with Crippen LogP contribution in [0, 0.1) is 0 Å². The van der Waals surface area contributed by atoms with Gasteiger partial charge < -0.3 is 14.6 Å². The molecule has 1 unspecified atom stereocenters. The Labute approximate surface area is 129 Å². The van der Waals surface area contributed by atoms with E-state index in [0.717, 1.165) is 10.7 Å². The fourth-order valence-electron chi connectivity index (χ4n) is 2.13. The molecule has 0 spiro atoms. The second kappa shape index (κ2) is 7.04. The molecule has 0 aliphatic rings. The minimum Gasteiger partial charge on any atom is -0.463 e. The molecule has 1 aromatic carbocycles. The lowest BCUT2D eigenvalue weighted by Gasteiger charge is -2.20. The van der Waals surface area contributed by atoms with Crippen LogP contribution >= 0.6 is 0 Å². The van der Waals surface area contributed by atoms with Gasteiger partial charge in [-0.3, -0.25) is 9.59 Å². The quantitative estimate of drug-likeness (QED) is 0.795. The Morgan fingerprint density at radius 3 is 2.68 bits per heavy atom. The summed E-state index contributed by atoms with van der Waals surface area (Å²) in [5.41, 5.74) is 1.22. The Morgan fingerprint density at radius 1 is 1.27 bits per heavy atom. The number of furan rings is 1. The number of Topliss-reactive ketones (excluding diaryl/α,β-unsaturated/α-hetero) is 1. The standard InChI is InChI=1S/C17H20N2O3/c1-12(19(3)11-16-8-5-9-22-16)17(21)18-15-7-4-6-14(10-15)13(2)20/h4-10,12H,11H2,1-3H3,(H,18,21)/p+1/t12-/m0/s1. The molecule has 1 heterocycles. The van der Waals surface area contributed by atoms with Crippen molar-refractivity contribution in [1.82, 2.24) is 0 Å². The molecule has 5 nitrogen and oxygen atoms in total. The van der Waals surface area contributed by atoms with Crippen LogP contribution in [0.2, 0.25) is 0 Å². The Kier molecular flexibility index (Phi) is 5.12. The molecule has 116 valence electrons. The van der Waals surface area contributed by atoms with E-state index in [1.54, 1.807) is 30.5 Å². The van der Waals surface area contributed by atoms with Crippen molar-refractivity contribution in [2.75, 3.05) is 12.4 Å². The minimum absolute atomic E-state index is 0.0234. The third kappa shape index (κ3) is 4.05. The van der Waals surface area contributed by atoms with Crippen LogP contribution in [0.25, 0.3) is 0 Å². The van der Waals surface area contributed by atoms with Gasteiger partial charge in [-0.05, 0) is 38.1 Å². The lowest BCUT2D eigenvalue weighted by molar-refractivity contribution is -0.908. The normalized spacial score (nSPS) is 13.4. The molecule has 2 aromatic rings. The molecular weight excluding hydrogens is 280 g/mol. The maximum atomic E-state index is 12.3. The van der Waals surface area contributed by atoms with Crippen LogP contribution in [0.1, 0.15) is 30.0 Å². The molecule has 0 aliphatic heterocycles. The largest absolute Gasteiger partial charge is 0.463 e. The number of anilines is 1. The van der Waals surface area contributed by atoms with Crippen molar-refractivity contribution in [3.63, 3.8) is 0 Å². The summed E-state index contributed by atoms with van der Waals surface area (Å²) >= 11 is 0. The molecule has 2 N–H and O–H groups in total. The van der Waals surface area contributed by atoms with Crippen molar-refractivity contribution < 1.29 is 18.9 Å². The van der Waals surface area contributed by atoms with E-state index in [1.807, 2.05) is 26.1 Å². The number of nitrogens with one attached hydrogen (secondary N) is 2. The van der Waals surface area contributed by atoms with Crippen LogP contribution in [-0.2, 0) is 11.3 Å². The van der Waals surface area contributed by atoms with Crippen molar-refractivity contribution in [3.05, 3.63) is 54.0 Å². The van der Waals surface area contributed by atoms with Crippen molar-refractivity contribution in [1.29, 1.82) is 0 Å². The predicted octanol–water partition coefficient (Wildman–Crippen LogP) is 1.52. The molecule has 5 heteroatoms. The van der Waals surface area contributed by atoms with Gasteiger partial charge in [-0.25, -0.2) is 0 Å². The van der Waals surface area contributed by atoms with Crippen molar-refractivity contribution in [2.45, 2.75) is 26.4 Å². The van der Waals surface area contributed by atoms with E-state index in [9.17, 15) is 9.59 Å². The molecule has 0 radical (unpaired) electrons. The second-order valence-electron chi connectivity index (χ2n) is 5.45. The SMILES string of the molecule is CC(=O)c1cccc(NC(=O)[C@H](C)[NH+](C)Cc2ccco2)c1. The van der Waals surface area contributed by atoms with E-state index < -0.39 is 0 Å². The number of benzene rings is 1. The van der Waals surface area contributed by atoms with Crippen molar-refractivity contribution >= 4 is 17.4 Å². The van der Waals surface area contributed by atoms with E-state index in [0.29, 0.717) is 17.8 Å². The molecule has 2 atom stereocenters. The molecule has 0 saturated heterocycles. The zero-order valence-corrected chi connectivity index (χ0v) is 13.1. The third-order valence-corrected chi connectivity index (χ3v) is 3.70. The number of likely N-dealkylation sites (N-methyl/N-ethyl adjacent to an activating group) is 1. The van der Waals surface area contributed by atoms with Gasteiger partial charge in [0.05, 0.1) is 13.3 Å². The van der Waals surface area contributed by atoms with Gasteiger partial charge in [0.15, 0.2) is 17.6 Å². The topological polar surface area (TPSA) is 63.8 Å². The number of rotatable bonds is 6. The summed E-state index contributed by atoms with van der Waals surface area (Å²) in [6, 6.07) is 10.4. The Morgan fingerprint density at radius 2 is 2.05 bits per heavy atom. The Hall–Kier alpha value is -2.40. The van der Waals surface area contributed by atoms with Crippen LogP contribution in [0.4, 0.5) is 5.69 Å². The molecule has 0 saturated carbocycles. The van der Waals surface area contributed by atoms with Gasteiger partial charge in [0, 0.05) is 11.3 Å². The predicted molar refractivity (Wildman–Crippen MR) is 83.8 cm³/mol. The van der Waals surface area contributed by atoms with Gasteiger partial charge in [0.1, 0.15) is 6.54 Å². The van der Waals surface area contributed by atoms with Crippen LogP contribution in [0.15, 0.2) is 47.1 Å². The van der Waals surface area contributed by atoms with Gasteiger partial charge in [0.25, 0.3) is 5.91 Å². The molecule has 0 aliphatic carbocycles. The van der Waals surface area contributed by atoms with E-state index >= 15 is 0 Å². The van der Waals surface area contributed by atoms with E-state index in [-0.39, 0.29) is 17.7 Å². The molecule has 1 amide bonds. The molecule has 0 bridgehead atoms. The van der Waals surface area contributed by atoms with E-state index in [4.69, 9.17) is 4.42 Å². The molecule has 1 aromatic heterocycles. The summed E-state index contributed by atoms with van der Waals surface area (Å²) < 4.78 is 5.30. The highest BCUT2D eigenvalue weighted by molar-refractivity contribution is 5.97. The number of ketones is 1. The second-order valence-corrected chi connectivity index (χ2v) is 5.45. The molecular formula is C17H21N2O3+. The first kappa shape index (κ1) is 16.0. The summed E-state index contributed by atoms with van der Waals surface area (Å²) in [5, 5.41) is 2.85. The Balaban J connectivity index is 1.98. The average molecular weight is 301 g/mol. The maximum absolute atomic E-state index is 12.3. The van der Waals surface area contributed by atoms with Crippen molar-refractivity contribution in [2.24, 2.45) is 0 Å². The van der Waals surface area contributed by atoms with Gasteiger partial charge in [-0.15, -0.1) is 0 Å². The zero-order chi connectivity index (χ0) is 16.1. The number of amides is 1. The van der Waals surface area contributed by atoms with E-state index in [1.165, 1.54) is 6.92 Å². The third-order valence-electron chi connectivity index (χ3n) is 3.70. The molecule has 0 fully saturated rings. The van der Waals surface area contributed by atoms with Crippen LogP contribution in [0.5, 0.6) is 0 Å². The summed E-state index contributed by atoms with van der Waals surface area (Å²) in [6.45, 7) is 4.00. The average Bonchev–Trinajstić information content (AvgIpc) is 2.99. The number of hydrogen-bond acceptors (Lipinski definition) is 3. The summed E-state index contributed by atoms with van der Waals surface area (Å²) in [4.78, 5) is 24.7. The molecule has 22 heavy (non-hydrogen) atoms. The van der Waals surface area contributed by atoms with Crippen LogP contribution in [-0.4, -0.2) is 24.8 Å². The zero-order valence-electron chi connectivity index (χ0n) is 13.1. The smallest absolute Gasteiger partial charge is 0.282 e. The Bertz CT molecular complexity index is 650. The highest BCUT2D eigenvalue weighted by Gasteiger charge is 2.22. The van der Waals surface area contributed by atoms with Gasteiger partial charge in [0.2, 0.25) is 0 Å². The minimum atomic E-state index is -0.244. The van der Waals surface area contributed by atoms with Crippen molar-refractivity contribution in [3.8, 4) is 0 Å². The van der Waals surface area contributed by atoms with Crippen LogP contribution < -0.4 is 10.2 Å². The lowest BCUT2D eigenvalue weighted by atomic mass is 10.1. The number of carbonyl (C=O) groups excluding carboxylic acids is 2. The van der Waals surface area contributed by atoms with Gasteiger partial charge in [-0.1, -0.05) is 12.1 Å². The number of carbonyl (C=O) groups is 2. The molecule has 2 rings (SSSR count). The first-order chi connectivity index (χ1) is 10.5. The van der Waals surface area contributed by atoms with Crippen LogP contribution in [0.3, 0.4) is 0 Å². The number of quaternary nitrogens is 1. The first-order valence-electron chi connectivity index (χ1n) is 7.24. The number of hydrogen-bond donors (Lipinski definition) is 2. The van der Waals surface area contributed by atoms with Gasteiger partial charge >= 0.3 is 0 Å². The first-order valence-corrected chi connectivity index (χ1v) is 7.24. The summed E-state index contributed by atoms with van der Waals surface area (Å²) in [6.07, 6.45) is 1.63. The summed E-state index contributed by atoms with van der Waals surface area (Å²) in [7, 11) is 1.94. The summed E-state index contributed by atoms with van der Waals surface area (Å²) in [5.74, 6) is 0.727.